The summed E-state index contributed by atoms with van der Waals surface area (Å²) in [5, 5.41) is 3.27. The zero-order valence-corrected chi connectivity index (χ0v) is 17.3. The van der Waals surface area contributed by atoms with Gasteiger partial charge in [0, 0.05) is 17.6 Å². The second-order valence-corrected chi connectivity index (χ2v) is 14.3. The molecule has 0 spiro atoms. The van der Waals surface area contributed by atoms with Gasteiger partial charge >= 0.3 is 0 Å². The summed E-state index contributed by atoms with van der Waals surface area (Å²) in [6.07, 6.45) is 9.68. The summed E-state index contributed by atoms with van der Waals surface area (Å²) in [7, 11) is -1.87. The van der Waals surface area contributed by atoms with Gasteiger partial charge in [-0.25, -0.2) is 4.98 Å². The Labute approximate surface area is 147 Å². The van der Waals surface area contributed by atoms with E-state index in [4.69, 9.17) is 10.2 Å². The molecule has 2 N–H and O–H groups in total. The van der Waals surface area contributed by atoms with Crippen LogP contribution in [0.1, 0.15) is 70.4 Å². The molecular formula is C18H34N2OSSi. The largest absolute Gasteiger partial charge is 0.406 e. The van der Waals surface area contributed by atoms with Crippen molar-refractivity contribution in [1.29, 1.82) is 0 Å². The third-order valence-corrected chi connectivity index (χ3v) is 10.9. The first-order valence-electron chi connectivity index (χ1n) is 9.03. The van der Waals surface area contributed by atoms with Crippen LogP contribution in [0.15, 0.2) is 11.6 Å². The van der Waals surface area contributed by atoms with Gasteiger partial charge in [0.2, 0.25) is 0 Å². The summed E-state index contributed by atoms with van der Waals surface area (Å²) in [6, 6.07) is 0.0541. The standard InChI is InChI=1S/C18H34N2OSSi/c1-18(2,3)23(4,5)21-16(17-20-11-12-22-17)15(19)13-14-9-7-6-8-10-14/h11-12,14-16H,6-10,13,19H2,1-5H3/t15-,16+/m0/s1. The predicted octanol–water partition coefficient (Wildman–Crippen LogP) is 5.50. The molecule has 2 rings (SSSR count). The van der Waals surface area contributed by atoms with Gasteiger partial charge in [0.1, 0.15) is 11.1 Å². The van der Waals surface area contributed by atoms with Gasteiger partial charge in [-0.05, 0) is 30.5 Å². The van der Waals surface area contributed by atoms with E-state index in [0.29, 0.717) is 0 Å². The Balaban J connectivity index is 2.11. The molecule has 2 atom stereocenters. The second-order valence-electron chi connectivity index (χ2n) is 8.57. The lowest BCUT2D eigenvalue weighted by atomic mass is 9.84. The highest BCUT2D eigenvalue weighted by molar-refractivity contribution is 7.09. The van der Waals surface area contributed by atoms with Crippen molar-refractivity contribution in [2.75, 3.05) is 0 Å². The molecule has 0 saturated heterocycles. The number of hydrogen-bond acceptors (Lipinski definition) is 4. The summed E-state index contributed by atoms with van der Waals surface area (Å²) in [4.78, 5) is 4.53. The van der Waals surface area contributed by atoms with Crippen LogP contribution in [0, 0.1) is 5.92 Å². The van der Waals surface area contributed by atoms with Gasteiger partial charge in [0.25, 0.3) is 0 Å². The maximum absolute atomic E-state index is 6.71. The molecule has 0 unspecified atom stereocenters. The van der Waals surface area contributed by atoms with E-state index in [2.05, 4.69) is 38.8 Å². The fourth-order valence-corrected chi connectivity index (χ4v) is 5.22. The summed E-state index contributed by atoms with van der Waals surface area (Å²) in [5.74, 6) is 0.768. The van der Waals surface area contributed by atoms with E-state index in [1.165, 1.54) is 32.1 Å². The Kier molecular flexibility index (Phi) is 6.45. The van der Waals surface area contributed by atoms with Crippen molar-refractivity contribution < 1.29 is 4.43 Å². The molecule has 0 aromatic carbocycles. The lowest BCUT2D eigenvalue weighted by molar-refractivity contribution is 0.135. The maximum Gasteiger partial charge on any atom is 0.193 e. The minimum Gasteiger partial charge on any atom is -0.406 e. The average molecular weight is 355 g/mol. The van der Waals surface area contributed by atoms with E-state index >= 15 is 0 Å². The van der Waals surface area contributed by atoms with Gasteiger partial charge in [-0.3, -0.25) is 0 Å². The smallest absolute Gasteiger partial charge is 0.193 e. The number of nitrogens with two attached hydrogens (primary N) is 1. The highest BCUT2D eigenvalue weighted by atomic mass is 32.1. The minimum absolute atomic E-state index is 0.0437. The van der Waals surface area contributed by atoms with Crippen LogP contribution in [0.3, 0.4) is 0 Å². The summed E-state index contributed by atoms with van der Waals surface area (Å²) in [5.41, 5.74) is 6.65. The third-order valence-electron chi connectivity index (χ3n) is 5.64. The average Bonchev–Trinajstić information content (AvgIpc) is 2.98. The van der Waals surface area contributed by atoms with E-state index in [1.54, 1.807) is 11.3 Å². The van der Waals surface area contributed by atoms with Crippen LogP contribution in [-0.4, -0.2) is 19.3 Å². The monoisotopic (exact) mass is 354 g/mol. The van der Waals surface area contributed by atoms with Crippen LogP contribution in [0.2, 0.25) is 18.1 Å². The highest BCUT2D eigenvalue weighted by Crippen LogP contribution is 2.41. The fourth-order valence-electron chi connectivity index (χ4n) is 3.12. The molecule has 1 aromatic heterocycles. The highest BCUT2D eigenvalue weighted by Gasteiger charge is 2.41. The van der Waals surface area contributed by atoms with Gasteiger partial charge < -0.3 is 10.2 Å². The third kappa shape index (κ3) is 5.12. The van der Waals surface area contributed by atoms with Gasteiger partial charge in [0.05, 0.1) is 0 Å². The molecule has 23 heavy (non-hydrogen) atoms. The van der Waals surface area contributed by atoms with Gasteiger partial charge in [-0.2, -0.15) is 0 Å². The minimum atomic E-state index is -1.87. The van der Waals surface area contributed by atoms with Crippen LogP contribution in [-0.2, 0) is 4.43 Å². The van der Waals surface area contributed by atoms with Crippen LogP contribution in [0.5, 0.6) is 0 Å². The molecule has 5 heteroatoms. The molecular weight excluding hydrogens is 320 g/mol. The fraction of sp³-hybridized carbons (Fsp3) is 0.833. The maximum atomic E-state index is 6.71. The summed E-state index contributed by atoms with van der Waals surface area (Å²) < 4.78 is 6.71. The number of hydrogen-bond donors (Lipinski definition) is 1. The quantitative estimate of drug-likeness (QED) is 0.686. The van der Waals surface area contributed by atoms with Crippen LogP contribution < -0.4 is 5.73 Å². The van der Waals surface area contributed by atoms with Crippen molar-refractivity contribution in [2.45, 2.75) is 89.6 Å². The zero-order chi connectivity index (χ0) is 17.1. The topological polar surface area (TPSA) is 48.1 Å². The van der Waals surface area contributed by atoms with Crippen LogP contribution in [0.4, 0.5) is 0 Å². The molecule has 1 fully saturated rings. The van der Waals surface area contributed by atoms with Gasteiger partial charge in [0.15, 0.2) is 8.32 Å². The van der Waals surface area contributed by atoms with Crippen molar-refractivity contribution >= 4 is 19.7 Å². The molecule has 1 aliphatic carbocycles. The Morgan fingerprint density at radius 1 is 1.30 bits per heavy atom. The number of rotatable bonds is 6. The molecule has 0 radical (unpaired) electrons. The van der Waals surface area contributed by atoms with Crippen molar-refractivity contribution in [3.63, 3.8) is 0 Å². The summed E-state index contributed by atoms with van der Waals surface area (Å²) >= 11 is 1.68. The SMILES string of the molecule is CC(C)(C)[Si](C)(C)O[C@@H](c1nccs1)[C@@H](N)CC1CCCCC1. The van der Waals surface area contributed by atoms with Gasteiger partial charge in [-0.1, -0.05) is 52.9 Å². The first-order valence-corrected chi connectivity index (χ1v) is 12.8. The van der Waals surface area contributed by atoms with Gasteiger partial charge in [-0.15, -0.1) is 11.3 Å². The normalized spacial score (nSPS) is 20.4. The zero-order valence-electron chi connectivity index (χ0n) is 15.5. The first-order chi connectivity index (χ1) is 10.7. The Hall–Kier alpha value is -0.233. The van der Waals surface area contributed by atoms with E-state index in [-0.39, 0.29) is 17.2 Å². The van der Waals surface area contributed by atoms with E-state index in [9.17, 15) is 0 Å². The van der Waals surface area contributed by atoms with Crippen LogP contribution in [0.25, 0.3) is 0 Å². The molecule has 0 amide bonds. The lowest BCUT2D eigenvalue weighted by Gasteiger charge is -2.40. The Morgan fingerprint density at radius 3 is 2.48 bits per heavy atom. The number of thiazole rings is 1. The van der Waals surface area contributed by atoms with Crippen LogP contribution >= 0.6 is 11.3 Å². The Morgan fingerprint density at radius 2 is 1.96 bits per heavy atom. The molecule has 132 valence electrons. The predicted molar refractivity (Wildman–Crippen MR) is 102 cm³/mol. The lowest BCUT2D eigenvalue weighted by Crippen LogP contribution is -2.46. The van der Waals surface area contributed by atoms with Crippen molar-refractivity contribution in [1.82, 2.24) is 4.98 Å². The number of aromatic nitrogens is 1. The molecule has 1 saturated carbocycles. The van der Waals surface area contributed by atoms with E-state index in [0.717, 1.165) is 17.3 Å². The number of nitrogens with zero attached hydrogens (tertiary/aromatic N) is 1. The molecule has 0 bridgehead atoms. The van der Waals surface area contributed by atoms with E-state index in [1.807, 2.05) is 11.6 Å². The Bertz CT molecular complexity index is 464. The first kappa shape index (κ1) is 19.1. The molecule has 0 aliphatic heterocycles. The molecule has 1 aromatic rings. The van der Waals surface area contributed by atoms with Crippen molar-refractivity contribution in [3.05, 3.63) is 16.6 Å². The van der Waals surface area contributed by atoms with Crippen molar-refractivity contribution in [3.8, 4) is 0 Å². The second kappa shape index (κ2) is 7.77. The molecule has 3 nitrogen and oxygen atoms in total. The molecule has 1 aliphatic rings. The van der Waals surface area contributed by atoms with Crippen molar-refractivity contribution in [2.24, 2.45) is 11.7 Å². The molecule has 1 heterocycles. The van der Waals surface area contributed by atoms with E-state index < -0.39 is 8.32 Å². The summed E-state index contributed by atoms with van der Waals surface area (Å²) in [6.45, 7) is 11.5.